The van der Waals surface area contributed by atoms with Crippen LogP contribution in [0.3, 0.4) is 0 Å². The largest absolute Gasteiger partial charge is 0.487 e. The molecule has 2 saturated heterocycles. The maximum Gasteiger partial charge on any atom is 0.270 e. The Labute approximate surface area is 181 Å². The number of amides is 1. The molecule has 2 aliphatic rings. The standard InChI is InChI=1S/C25H28FN3O2/c26-21-6-2-4-8-24(21)31-20-11-15-28(16-12-20)19-9-13-29(14-10-19)25(30)23-17-18-5-1-3-7-22(18)27-23/h1-8,17,19-20,27H,9-16H2. The molecule has 2 fully saturated rings. The lowest BCUT2D eigenvalue weighted by atomic mass is 9.98. The SMILES string of the molecule is O=C(c1cc2ccccc2[nH]1)N1CCC(N2CCC(Oc3ccccc3F)CC2)CC1. The van der Waals surface area contributed by atoms with Crippen LogP contribution in [0.25, 0.3) is 10.9 Å². The van der Waals surface area contributed by atoms with E-state index in [9.17, 15) is 9.18 Å². The third kappa shape index (κ3) is 4.30. The molecule has 162 valence electrons. The molecule has 0 saturated carbocycles. The van der Waals surface area contributed by atoms with Crippen molar-refractivity contribution in [1.29, 1.82) is 0 Å². The fraction of sp³-hybridized carbons (Fsp3) is 0.400. The first-order valence-electron chi connectivity index (χ1n) is 11.2. The number of benzene rings is 2. The number of hydrogen-bond acceptors (Lipinski definition) is 3. The van der Waals surface area contributed by atoms with Gasteiger partial charge in [-0.2, -0.15) is 0 Å². The van der Waals surface area contributed by atoms with Crippen LogP contribution in [0.1, 0.15) is 36.2 Å². The van der Waals surface area contributed by atoms with Gasteiger partial charge in [-0.15, -0.1) is 0 Å². The molecule has 1 N–H and O–H groups in total. The Hall–Kier alpha value is -2.86. The number of H-pyrrole nitrogens is 1. The van der Waals surface area contributed by atoms with Gasteiger partial charge in [0.1, 0.15) is 11.8 Å². The third-order valence-corrected chi connectivity index (χ3v) is 6.64. The fourth-order valence-electron chi connectivity index (χ4n) is 4.87. The summed E-state index contributed by atoms with van der Waals surface area (Å²) in [5.41, 5.74) is 1.67. The van der Waals surface area contributed by atoms with Gasteiger partial charge >= 0.3 is 0 Å². The highest BCUT2D eigenvalue weighted by Gasteiger charge is 2.31. The summed E-state index contributed by atoms with van der Waals surface area (Å²) in [4.78, 5) is 20.7. The minimum Gasteiger partial charge on any atom is -0.487 e. The van der Waals surface area contributed by atoms with Crippen molar-refractivity contribution in [3.8, 4) is 5.75 Å². The first kappa shape index (κ1) is 20.1. The predicted molar refractivity (Wildman–Crippen MR) is 119 cm³/mol. The molecule has 0 aliphatic carbocycles. The molecule has 0 unspecified atom stereocenters. The monoisotopic (exact) mass is 421 g/mol. The van der Waals surface area contributed by atoms with E-state index in [0.717, 1.165) is 62.8 Å². The number of fused-ring (bicyclic) bond motifs is 1. The zero-order chi connectivity index (χ0) is 21.2. The van der Waals surface area contributed by atoms with Gasteiger partial charge in [0.25, 0.3) is 5.91 Å². The van der Waals surface area contributed by atoms with Crippen LogP contribution in [0.5, 0.6) is 5.75 Å². The maximum atomic E-state index is 13.8. The van der Waals surface area contributed by atoms with Crippen LogP contribution in [0, 0.1) is 5.82 Å². The van der Waals surface area contributed by atoms with E-state index in [2.05, 4.69) is 9.88 Å². The van der Waals surface area contributed by atoms with E-state index < -0.39 is 0 Å². The maximum absolute atomic E-state index is 13.8. The number of rotatable bonds is 4. The van der Waals surface area contributed by atoms with E-state index in [1.165, 1.54) is 6.07 Å². The van der Waals surface area contributed by atoms with Crippen LogP contribution in [-0.4, -0.2) is 59.0 Å². The number of piperidine rings is 2. The number of nitrogens with zero attached hydrogens (tertiary/aromatic N) is 2. The third-order valence-electron chi connectivity index (χ3n) is 6.64. The van der Waals surface area contributed by atoms with Crippen LogP contribution in [0.2, 0.25) is 0 Å². The lowest BCUT2D eigenvalue weighted by molar-refractivity contribution is 0.0414. The van der Waals surface area contributed by atoms with E-state index in [1.54, 1.807) is 18.2 Å². The first-order chi connectivity index (χ1) is 15.2. The lowest BCUT2D eigenvalue weighted by Crippen LogP contribution is -2.50. The summed E-state index contributed by atoms with van der Waals surface area (Å²) < 4.78 is 19.7. The highest BCUT2D eigenvalue weighted by Crippen LogP contribution is 2.26. The Balaban J connectivity index is 1.12. The normalized spacial score (nSPS) is 19.1. The van der Waals surface area contributed by atoms with Crippen molar-refractivity contribution in [3.63, 3.8) is 0 Å². The van der Waals surface area contributed by atoms with Gasteiger partial charge in [0.05, 0.1) is 0 Å². The second kappa shape index (κ2) is 8.71. The molecule has 2 aromatic carbocycles. The van der Waals surface area contributed by atoms with Crippen LogP contribution in [0.4, 0.5) is 4.39 Å². The van der Waals surface area contributed by atoms with E-state index in [0.29, 0.717) is 17.5 Å². The second-order valence-electron chi connectivity index (χ2n) is 8.58. The van der Waals surface area contributed by atoms with Crippen LogP contribution < -0.4 is 4.74 Å². The van der Waals surface area contributed by atoms with Gasteiger partial charge in [0.2, 0.25) is 0 Å². The van der Waals surface area contributed by atoms with Gasteiger partial charge in [-0.1, -0.05) is 30.3 Å². The number of nitrogens with one attached hydrogen (secondary N) is 1. The van der Waals surface area contributed by atoms with Crippen molar-refractivity contribution < 1.29 is 13.9 Å². The van der Waals surface area contributed by atoms with E-state index >= 15 is 0 Å². The summed E-state index contributed by atoms with van der Waals surface area (Å²) >= 11 is 0. The van der Waals surface area contributed by atoms with Crippen molar-refractivity contribution in [2.75, 3.05) is 26.2 Å². The average Bonchev–Trinajstić information content (AvgIpc) is 3.25. The molecule has 1 amide bonds. The topological polar surface area (TPSA) is 48.6 Å². The first-order valence-corrected chi connectivity index (χ1v) is 11.2. The van der Waals surface area contributed by atoms with Crippen LogP contribution >= 0.6 is 0 Å². The lowest BCUT2D eigenvalue weighted by Gasteiger charge is -2.41. The van der Waals surface area contributed by atoms with Gasteiger partial charge in [-0.3, -0.25) is 9.69 Å². The van der Waals surface area contributed by atoms with Gasteiger partial charge < -0.3 is 14.6 Å². The van der Waals surface area contributed by atoms with Crippen molar-refractivity contribution in [3.05, 3.63) is 66.1 Å². The molecule has 5 rings (SSSR count). The molecule has 0 bridgehead atoms. The molecule has 3 aromatic rings. The van der Waals surface area contributed by atoms with Gasteiger partial charge in [0, 0.05) is 43.1 Å². The Morgan fingerprint density at radius 1 is 0.935 bits per heavy atom. The van der Waals surface area contributed by atoms with E-state index in [-0.39, 0.29) is 17.8 Å². The van der Waals surface area contributed by atoms with Crippen LogP contribution in [0.15, 0.2) is 54.6 Å². The molecule has 5 nitrogen and oxygen atoms in total. The Morgan fingerprint density at radius 2 is 1.65 bits per heavy atom. The van der Waals surface area contributed by atoms with Crippen molar-refractivity contribution in [2.45, 2.75) is 37.8 Å². The summed E-state index contributed by atoms with van der Waals surface area (Å²) in [6, 6.07) is 17.1. The molecule has 0 atom stereocenters. The summed E-state index contributed by atoms with van der Waals surface area (Å²) in [7, 11) is 0. The number of hydrogen-bond donors (Lipinski definition) is 1. The van der Waals surface area contributed by atoms with Crippen molar-refractivity contribution in [2.24, 2.45) is 0 Å². The molecular formula is C25H28FN3O2. The minimum atomic E-state index is -0.295. The summed E-state index contributed by atoms with van der Waals surface area (Å²) in [5.74, 6) is 0.147. The van der Waals surface area contributed by atoms with Gasteiger partial charge in [-0.25, -0.2) is 4.39 Å². The van der Waals surface area contributed by atoms with Crippen molar-refractivity contribution in [1.82, 2.24) is 14.8 Å². The molecular weight excluding hydrogens is 393 g/mol. The van der Waals surface area contributed by atoms with Crippen LogP contribution in [-0.2, 0) is 0 Å². The predicted octanol–water partition coefficient (Wildman–Crippen LogP) is 4.46. The molecule has 2 aliphatic heterocycles. The summed E-state index contributed by atoms with van der Waals surface area (Å²) in [6.07, 6.45) is 3.86. The minimum absolute atomic E-state index is 0.0665. The Morgan fingerprint density at radius 3 is 2.39 bits per heavy atom. The fourth-order valence-corrected chi connectivity index (χ4v) is 4.87. The summed E-state index contributed by atoms with van der Waals surface area (Å²) in [6.45, 7) is 3.48. The number of carbonyl (C=O) groups is 1. The smallest absolute Gasteiger partial charge is 0.270 e. The highest BCUT2D eigenvalue weighted by atomic mass is 19.1. The Bertz CT molecular complexity index is 1020. The van der Waals surface area contributed by atoms with Crippen molar-refractivity contribution >= 4 is 16.8 Å². The molecule has 31 heavy (non-hydrogen) atoms. The van der Waals surface area contributed by atoms with E-state index in [4.69, 9.17) is 4.74 Å². The molecule has 3 heterocycles. The second-order valence-corrected chi connectivity index (χ2v) is 8.58. The number of likely N-dealkylation sites (tertiary alicyclic amines) is 2. The molecule has 1 aromatic heterocycles. The Kier molecular flexibility index (Phi) is 5.64. The highest BCUT2D eigenvalue weighted by molar-refractivity contribution is 5.98. The van der Waals surface area contributed by atoms with E-state index in [1.807, 2.05) is 35.2 Å². The van der Waals surface area contributed by atoms with Gasteiger partial charge in [-0.05, 0) is 49.9 Å². The molecule has 0 radical (unpaired) electrons. The average molecular weight is 422 g/mol. The number of ether oxygens (including phenoxy) is 1. The number of aromatic nitrogens is 1. The number of halogens is 1. The zero-order valence-corrected chi connectivity index (χ0v) is 17.6. The number of carbonyl (C=O) groups excluding carboxylic acids is 1. The number of aromatic amines is 1. The summed E-state index contributed by atoms with van der Waals surface area (Å²) in [5, 5.41) is 1.07. The molecule has 0 spiro atoms. The zero-order valence-electron chi connectivity index (χ0n) is 17.6. The number of para-hydroxylation sites is 2. The quantitative estimate of drug-likeness (QED) is 0.677. The van der Waals surface area contributed by atoms with Gasteiger partial charge in [0.15, 0.2) is 11.6 Å². The molecule has 6 heteroatoms.